The van der Waals surface area contributed by atoms with Gasteiger partial charge in [0.05, 0.1) is 18.7 Å². The fraction of sp³-hybridized carbons (Fsp3) is 0.323. The predicted octanol–water partition coefficient (Wildman–Crippen LogP) is 6.32. The lowest BCUT2D eigenvalue weighted by molar-refractivity contribution is 0.0685. The summed E-state index contributed by atoms with van der Waals surface area (Å²) in [7, 11) is 1.67. The molecule has 0 atom stereocenters. The van der Waals surface area contributed by atoms with Gasteiger partial charge in [-0.05, 0) is 78.9 Å². The summed E-state index contributed by atoms with van der Waals surface area (Å²) in [5, 5.41) is 10.7. The number of aromatic carboxylic acids is 1. The van der Waals surface area contributed by atoms with E-state index in [-0.39, 0.29) is 17.6 Å². The van der Waals surface area contributed by atoms with Crippen molar-refractivity contribution in [3.63, 3.8) is 0 Å². The van der Waals surface area contributed by atoms with Crippen molar-refractivity contribution >= 4 is 23.1 Å². The van der Waals surface area contributed by atoms with Crippen LogP contribution in [-0.2, 0) is 16.7 Å². The first-order chi connectivity index (χ1) is 18.8. The van der Waals surface area contributed by atoms with E-state index < -0.39 is 11.4 Å². The van der Waals surface area contributed by atoms with Gasteiger partial charge in [0.1, 0.15) is 11.9 Å². The zero-order chi connectivity index (χ0) is 27.3. The predicted molar refractivity (Wildman–Crippen MR) is 148 cm³/mol. The van der Waals surface area contributed by atoms with Gasteiger partial charge in [-0.15, -0.1) is 0 Å². The third kappa shape index (κ3) is 4.38. The van der Waals surface area contributed by atoms with Gasteiger partial charge in [-0.2, -0.15) is 0 Å². The third-order valence-corrected chi connectivity index (χ3v) is 7.63. The maximum absolute atomic E-state index is 14.0. The van der Waals surface area contributed by atoms with Crippen LogP contribution in [0.1, 0.15) is 60.4 Å². The van der Waals surface area contributed by atoms with E-state index in [1.165, 1.54) is 18.2 Å². The van der Waals surface area contributed by atoms with Gasteiger partial charge in [0.2, 0.25) is 5.88 Å². The zero-order valence-corrected chi connectivity index (χ0v) is 22.2. The molecule has 2 aliphatic rings. The number of rotatable bonds is 8. The van der Waals surface area contributed by atoms with E-state index in [4.69, 9.17) is 9.47 Å². The Morgan fingerprint density at radius 1 is 1.15 bits per heavy atom. The summed E-state index contributed by atoms with van der Waals surface area (Å²) in [4.78, 5) is 20.8. The molecule has 0 amide bonds. The van der Waals surface area contributed by atoms with Gasteiger partial charge in [0.25, 0.3) is 0 Å². The van der Waals surface area contributed by atoms with Crippen molar-refractivity contribution in [2.45, 2.75) is 51.2 Å². The summed E-state index contributed by atoms with van der Waals surface area (Å²) in [6.07, 6.45) is 4.76. The maximum Gasteiger partial charge on any atom is 0.354 e. The lowest BCUT2D eigenvalue weighted by Gasteiger charge is -2.30. The summed E-state index contributed by atoms with van der Waals surface area (Å²) < 4.78 is 28.2. The average molecular weight is 528 g/mol. The molecule has 1 saturated carbocycles. The monoisotopic (exact) mass is 527 g/mol. The number of hydrogen-bond acceptors (Lipinski definition) is 5. The van der Waals surface area contributed by atoms with Crippen molar-refractivity contribution in [1.82, 2.24) is 9.55 Å². The summed E-state index contributed by atoms with van der Waals surface area (Å²) in [6.45, 7) is 5.22. The maximum atomic E-state index is 14.0. The van der Waals surface area contributed by atoms with Crippen molar-refractivity contribution < 1.29 is 23.8 Å². The first-order valence-corrected chi connectivity index (χ1v) is 13.1. The highest BCUT2D eigenvalue weighted by molar-refractivity contribution is 6.04. The van der Waals surface area contributed by atoms with Crippen LogP contribution in [0.5, 0.6) is 5.88 Å². The standard InChI is InChI=1S/C31H30FN3O4/c1-31(2,17-38-3)28-27(23-11-12-25(30(36)37)34-29(23)39-22-5-4-6-22)24-13-18-15-33-16-19(18)14-26(24)35(28)21-9-7-20(32)8-10-21/h7-14,16,22H,4-6,15,17H2,1-3H3,(H,36,37). The minimum absolute atomic E-state index is 0.00109. The SMILES string of the molecule is COCC(C)(C)c1c(-c2ccc(C(=O)O)nc2OC2CCC2)c2cc3c(cc2n1-c1ccc(F)cc1)C=NC3. The molecular weight excluding hydrogens is 497 g/mol. The van der Waals surface area contributed by atoms with Gasteiger partial charge in [-0.1, -0.05) is 13.8 Å². The number of ether oxygens (including phenoxy) is 2. The second-order valence-electron chi connectivity index (χ2n) is 10.9. The lowest BCUT2D eigenvalue weighted by Crippen LogP contribution is -2.28. The van der Waals surface area contributed by atoms with Crippen molar-refractivity contribution in [3.05, 3.63) is 76.9 Å². The molecule has 1 fully saturated rings. The molecule has 4 aromatic rings. The first kappa shape index (κ1) is 25.2. The summed E-state index contributed by atoms with van der Waals surface area (Å²) in [6, 6.07) is 14.0. The molecule has 3 heterocycles. The molecule has 39 heavy (non-hydrogen) atoms. The minimum atomic E-state index is -1.11. The van der Waals surface area contributed by atoms with Crippen molar-refractivity contribution in [1.29, 1.82) is 0 Å². The van der Waals surface area contributed by atoms with Crippen molar-refractivity contribution in [2.75, 3.05) is 13.7 Å². The second-order valence-corrected chi connectivity index (χ2v) is 10.9. The average Bonchev–Trinajstić information content (AvgIpc) is 3.47. The molecule has 0 spiro atoms. The highest BCUT2D eigenvalue weighted by atomic mass is 19.1. The number of aromatic nitrogens is 2. The number of aliphatic imine (C=N–C) groups is 1. The van der Waals surface area contributed by atoms with Crippen molar-refractivity contribution in [3.8, 4) is 22.7 Å². The molecular formula is C31H30FN3O4. The van der Waals surface area contributed by atoms with E-state index in [1.54, 1.807) is 25.3 Å². The lowest BCUT2D eigenvalue weighted by atomic mass is 9.84. The number of carboxylic acid groups (broad SMARTS) is 1. The first-order valence-electron chi connectivity index (χ1n) is 13.1. The fourth-order valence-corrected chi connectivity index (χ4v) is 5.58. The summed E-state index contributed by atoms with van der Waals surface area (Å²) in [5.41, 5.74) is 5.86. The molecule has 0 unspecified atom stereocenters. The van der Waals surface area contributed by atoms with Crippen LogP contribution in [0.15, 0.2) is 53.5 Å². The van der Waals surface area contributed by atoms with Gasteiger partial charge in [-0.3, -0.25) is 4.99 Å². The van der Waals surface area contributed by atoms with Crippen LogP contribution in [0, 0.1) is 5.82 Å². The fourth-order valence-electron chi connectivity index (χ4n) is 5.58. The van der Waals surface area contributed by atoms with Crippen LogP contribution in [0.2, 0.25) is 0 Å². The van der Waals surface area contributed by atoms with E-state index in [2.05, 4.69) is 40.5 Å². The largest absolute Gasteiger partial charge is 0.477 e. The van der Waals surface area contributed by atoms with E-state index in [1.807, 2.05) is 6.21 Å². The highest BCUT2D eigenvalue weighted by Crippen LogP contribution is 2.47. The molecule has 1 aliphatic heterocycles. The summed E-state index contributed by atoms with van der Waals surface area (Å²) in [5.74, 6) is -1.11. The van der Waals surface area contributed by atoms with Crippen LogP contribution in [0.25, 0.3) is 27.7 Å². The van der Waals surface area contributed by atoms with E-state index >= 15 is 0 Å². The molecule has 1 N–H and O–H groups in total. The molecule has 1 aliphatic carbocycles. The van der Waals surface area contributed by atoms with Gasteiger partial charge in [0.15, 0.2) is 5.69 Å². The topological polar surface area (TPSA) is 85.9 Å². The van der Waals surface area contributed by atoms with Crippen LogP contribution < -0.4 is 4.74 Å². The zero-order valence-electron chi connectivity index (χ0n) is 22.2. The molecule has 7 nitrogen and oxygen atoms in total. The van der Waals surface area contributed by atoms with Crippen LogP contribution in [-0.4, -0.2) is 46.7 Å². The number of carboxylic acids is 1. The Kier molecular flexibility index (Phi) is 6.22. The number of halogens is 1. The highest BCUT2D eigenvalue weighted by Gasteiger charge is 2.35. The molecule has 0 bridgehead atoms. The Labute approximate surface area is 225 Å². The number of pyridine rings is 1. The van der Waals surface area contributed by atoms with Gasteiger partial charge < -0.3 is 19.1 Å². The van der Waals surface area contributed by atoms with E-state index in [0.717, 1.165) is 63.8 Å². The van der Waals surface area contributed by atoms with Crippen LogP contribution in [0.4, 0.5) is 4.39 Å². The number of nitrogens with zero attached hydrogens (tertiary/aromatic N) is 3. The second kappa shape index (κ2) is 9.61. The van der Waals surface area contributed by atoms with Gasteiger partial charge in [-0.25, -0.2) is 14.2 Å². The molecule has 2 aromatic heterocycles. The molecule has 0 saturated heterocycles. The van der Waals surface area contributed by atoms with E-state index in [0.29, 0.717) is 19.0 Å². The normalized spacial score (nSPS) is 15.0. The molecule has 200 valence electrons. The Morgan fingerprint density at radius 2 is 1.92 bits per heavy atom. The number of fused-ring (bicyclic) bond motifs is 2. The number of hydrogen-bond donors (Lipinski definition) is 1. The minimum Gasteiger partial charge on any atom is -0.477 e. The Balaban J connectivity index is 1.72. The molecule has 0 radical (unpaired) electrons. The molecule has 8 heteroatoms. The van der Waals surface area contributed by atoms with E-state index in [9.17, 15) is 14.3 Å². The van der Waals surface area contributed by atoms with Crippen LogP contribution in [0.3, 0.4) is 0 Å². The van der Waals surface area contributed by atoms with Crippen molar-refractivity contribution in [2.24, 2.45) is 4.99 Å². The Bertz CT molecular complexity index is 1620. The Hall–Kier alpha value is -4.04. The summed E-state index contributed by atoms with van der Waals surface area (Å²) >= 11 is 0. The van der Waals surface area contributed by atoms with Gasteiger partial charge in [0, 0.05) is 46.6 Å². The number of benzene rings is 2. The van der Waals surface area contributed by atoms with Gasteiger partial charge >= 0.3 is 5.97 Å². The third-order valence-electron chi connectivity index (χ3n) is 7.63. The smallest absolute Gasteiger partial charge is 0.354 e. The van der Waals surface area contributed by atoms with Crippen LogP contribution >= 0.6 is 0 Å². The molecule has 2 aromatic carbocycles. The Morgan fingerprint density at radius 3 is 2.59 bits per heavy atom. The number of carbonyl (C=O) groups is 1. The quantitative estimate of drug-likeness (QED) is 0.290. The number of methoxy groups -OCH3 is 1. The molecule has 6 rings (SSSR count).